The number of methoxy groups -OCH3 is 1. The lowest BCUT2D eigenvalue weighted by Gasteiger charge is -2.22. The van der Waals surface area contributed by atoms with Crippen LogP contribution in [0, 0.1) is 6.92 Å². The lowest BCUT2D eigenvalue weighted by molar-refractivity contribution is 0.111. The molecule has 0 saturated heterocycles. The van der Waals surface area contributed by atoms with Crippen molar-refractivity contribution >= 4 is 11.9 Å². The number of hydrogen-bond acceptors (Lipinski definition) is 4. The van der Waals surface area contributed by atoms with Gasteiger partial charge in [-0.3, -0.25) is 9.78 Å². The number of carbonyl (C=O) groups is 1. The van der Waals surface area contributed by atoms with Crippen LogP contribution in [0.4, 0.5) is 0 Å². The third kappa shape index (κ3) is 3.73. The molecule has 3 rings (SSSR count). The fourth-order valence-electron chi connectivity index (χ4n) is 3.33. The van der Waals surface area contributed by atoms with Gasteiger partial charge in [0.15, 0.2) is 6.29 Å². The number of ether oxygens (including phenoxy) is 2. The van der Waals surface area contributed by atoms with Crippen LogP contribution in [0.25, 0.3) is 5.57 Å². The Morgan fingerprint density at radius 1 is 1.12 bits per heavy atom. The van der Waals surface area contributed by atoms with E-state index in [0.29, 0.717) is 17.9 Å². The molecular weight excluding hydrogens is 314 g/mol. The third-order valence-corrected chi connectivity index (χ3v) is 4.68. The molecular formula is C21H23NO3. The first kappa shape index (κ1) is 17.2. The molecule has 0 N–H and O–H groups in total. The second-order valence-electron chi connectivity index (χ2n) is 6.26. The molecule has 1 aliphatic rings. The zero-order chi connectivity index (χ0) is 17.6. The predicted octanol–water partition coefficient (Wildman–Crippen LogP) is 4.62. The van der Waals surface area contributed by atoms with Crippen LogP contribution in [0.1, 0.15) is 47.2 Å². The van der Waals surface area contributed by atoms with Crippen molar-refractivity contribution in [3.63, 3.8) is 0 Å². The molecule has 0 atom stereocenters. The van der Waals surface area contributed by atoms with E-state index < -0.39 is 0 Å². The Balaban J connectivity index is 1.90. The summed E-state index contributed by atoms with van der Waals surface area (Å²) in [6.45, 7) is 2.34. The number of para-hydroxylation sites is 1. The standard InChI is InChI=1S/C21H23NO3/c1-15-11-22-12-21(19(15)13-23)25-14-16-7-3-4-8-17(16)18-9-5-6-10-20(18)24-2/h5-6,9-13H,3-4,7-8,14H2,1-2H3. The van der Waals surface area contributed by atoms with E-state index in [9.17, 15) is 4.79 Å². The van der Waals surface area contributed by atoms with Crippen molar-refractivity contribution in [3.8, 4) is 11.5 Å². The van der Waals surface area contributed by atoms with Gasteiger partial charge in [-0.05, 0) is 55.4 Å². The maximum Gasteiger partial charge on any atom is 0.154 e. The van der Waals surface area contributed by atoms with Crippen LogP contribution in [-0.4, -0.2) is 25.0 Å². The first-order valence-corrected chi connectivity index (χ1v) is 8.61. The largest absolute Gasteiger partial charge is 0.496 e. The molecule has 25 heavy (non-hydrogen) atoms. The third-order valence-electron chi connectivity index (χ3n) is 4.68. The summed E-state index contributed by atoms with van der Waals surface area (Å²) in [6, 6.07) is 8.11. The molecule has 0 bridgehead atoms. The van der Waals surface area contributed by atoms with Gasteiger partial charge >= 0.3 is 0 Å². The number of pyridine rings is 1. The van der Waals surface area contributed by atoms with E-state index in [1.54, 1.807) is 19.5 Å². The zero-order valence-corrected chi connectivity index (χ0v) is 14.7. The molecule has 0 aliphatic heterocycles. The normalized spacial score (nSPS) is 14.3. The zero-order valence-electron chi connectivity index (χ0n) is 14.7. The number of aromatic nitrogens is 1. The molecule has 130 valence electrons. The number of nitrogens with zero attached hydrogens (tertiary/aromatic N) is 1. The van der Waals surface area contributed by atoms with E-state index in [1.807, 2.05) is 25.1 Å². The van der Waals surface area contributed by atoms with Gasteiger partial charge in [-0.1, -0.05) is 18.2 Å². The summed E-state index contributed by atoms with van der Waals surface area (Å²) in [7, 11) is 1.70. The van der Waals surface area contributed by atoms with Crippen LogP contribution < -0.4 is 9.47 Å². The van der Waals surface area contributed by atoms with Crippen LogP contribution in [0.3, 0.4) is 0 Å². The average Bonchev–Trinajstić information content (AvgIpc) is 2.66. The van der Waals surface area contributed by atoms with Crippen molar-refractivity contribution in [1.29, 1.82) is 0 Å². The second-order valence-corrected chi connectivity index (χ2v) is 6.26. The summed E-state index contributed by atoms with van der Waals surface area (Å²) in [5, 5.41) is 0. The van der Waals surface area contributed by atoms with Crippen molar-refractivity contribution in [1.82, 2.24) is 4.98 Å². The number of allylic oxidation sites excluding steroid dienone is 1. The summed E-state index contributed by atoms with van der Waals surface area (Å²) in [4.78, 5) is 15.5. The maximum atomic E-state index is 11.3. The number of rotatable bonds is 6. The molecule has 1 aromatic carbocycles. The van der Waals surface area contributed by atoms with Crippen molar-refractivity contribution in [2.75, 3.05) is 13.7 Å². The molecule has 0 saturated carbocycles. The molecule has 0 amide bonds. The monoisotopic (exact) mass is 337 g/mol. The predicted molar refractivity (Wildman–Crippen MR) is 98.2 cm³/mol. The van der Waals surface area contributed by atoms with Gasteiger partial charge in [-0.25, -0.2) is 0 Å². The van der Waals surface area contributed by atoms with Gasteiger partial charge < -0.3 is 9.47 Å². The number of aldehydes is 1. The smallest absolute Gasteiger partial charge is 0.154 e. The molecule has 4 nitrogen and oxygen atoms in total. The van der Waals surface area contributed by atoms with Gasteiger partial charge in [0.2, 0.25) is 0 Å². The Kier molecular flexibility index (Phi) is 5.49. The Morgan fingerprint density at radius 2 is 1.92 bits per heavy atom. The minimum atomic E-state index is 0.472. The molecule has 0 spiro atoms. The van der Waals surface area contributed by atoms with Crippen LogP contribution in [0.15, 0.2) is 42.2 Å². The lowest BCUT2D eigenvalue weighted by Crippen LogP contribution is -2.10. The highest BCUT2D eigenvalue weighted by molar-refractivity contribution is 5.81. The van der Waals surface area contributed by atoms with E-state index in [2.05, 4.69) is 11.1 Å². The van der Waals surface area contributed by atoms with Gasteiger partial charge in [0.05, 0.1) is 18.9 Å². The van der Waals surface area contributed by atoms with Crippen molar-refractivity contribution in [3.05, 3.63) is 58.9 Å². The van der Waals surface area contributed by atoms with E-state index in [0.717, 1.165) is 42.4 Å². The first-order chi connectivity index (χ1) is 12.2. The molecule has 2 aromatic rings. The minimum Gasteiger partial charge on any atom is -0.496 e. The van der Waals surface area contributed by atoms with E-state index in [-0.39, 0.29) is 0 Å². The molecule has 0 unspecified atom stereocenters. The molecule has 1 aliphatic carbocycles. The van der Waals surface area contributed by atoms with Gasteiger partial charge in [-0.2, -0.15) is 0 Å². The number of aryl methyl sites for hydroxylation is 1. The van der Waals surface area contributed by atoms with Crippen molar-refractivity contribution in [2.45, 2.75) is 32.6 Å². The Hall–Kier alpha value is -2.62. The highest BCUT2D eigenvalue weighted by Crippen LogP contribution is 2.37. The highest BCUT2D eigenvalue weighted by atomic mass is 16.5. The Morgan fingerprint density at radius 3 is 2.72 bits per heavy atom. The van der Waals surface area contributed by atoms with E-state index in [4.69, 9.17) is 9.47 Å². The fraction of sp³-hybridized carbons (Fsp3) is 0.333. The molecule has 4 heteroatoms. The molecule has 0 fully saturated rings. The van der Waals surface area contributed by atoms with Gasteiger partial charge in [0, 0.05) is 11.8 Å². The topological polar surface area (TPSA) is 48.4 Å². The van der Waals surface area contributed by atoms with Crippen LogP contribution >= 0.6 is 0 Å². The van der Waals surface area contributed by atoms with Crippen molar-refractivity contribution < 1.29 is 14.3 Å². The molecule has 0 radical (unpaired) electrons. The second kappa shape index (κ2) is 7.97. The lowest BCUT2D eigenvalue weighted by atomic mass is 9.87. The van der Waals surface area contributed by atoms with Crippen molar-refractivity contribution in [2.24, 2.45) is 0 Å². The van der Waals surface area contributed by atoms with Gasteiger partial charge in [0.25, 0.3) is 0 Å². The number of carbonyl (C=O) groups excluding carboxylic acids is 1. The number of benzene rings is 1. The summed E-state index contributed by atoms with van der Waals surface area (Å²) in [6.07, 6.45) is 8.48. The summed E-state index contributed by atoms with van der Waals surface area (Å²) >= 11 is 0. The average molecular weight is 337 g/mol. The maximum absolute atomic E-state index is 11.3. The SMILES string of the molecule is COc1ccccc1C1=C(COc2cncc(C)c2C=O)CCCC1. The Bertz CT molecular complexity index is 795. The number of hydrogen-bond donors (Lipinski definition) is 0. The molecule has 1 heterocycles. The minimum absolute atomic E-state index is 0.472. The van der Waals surface area contributed by atoms with Gasteiger partial charge in [0.1, 0.15) is 18.1 Å². The van der Waals surface area contributed by atoms with Crippen LogP contribution in [0.2, 0.25) is 0 Å². The van der Waals surface area contributed by atoms with Crippen LogP contribution in [0.5, 0.6) is 11.5 Å². The highest BCUT2D eigenvalue weighted by Gasteiger charge is 2.18. The van der Waals surface area contributed by atoms with Crippen LogP contribution in [-0.2, 0) is 0 Å². The first-order valence-electron chi connectivity index (χ1n) is 8.61. The van der Waals surface area contributed by atoms with E-state index >= 15 is 0 Å². The summed E-state index contributed by atoms with van der Waals surface area (Å²) in [5.74, 6) is 1.44. The fourth-order valence-corrected chi connectivity index (χ4v) is 3.33. The van der Waals surface area contributed by atoms with E-state index in [1.165, 1.54) is 17.6 Å². The quantitative estimate of drug-likeness (QED) is 0.722. The molecule has 1 aromatic heterocycles. The summed E-state index contributed by atoms with van der Waals surface area (Å²) < 4.78 is 11.5. The Labute approximate surface area is 148 Å². The summed E-state index contributed by atoms with van der Waals surface area (Å²) in [5.41, 5.74) is 5.12. The van der Waals surface area contributed by atoms with Gasteiger partial charge in [-0.15, -0.1) is 0 Å².